The van der Waals surface area contributed by atoms with Crippen LogP contribution in [0, 0.1) is 0 Å². The minimum atomic E-state index is -0.486. The van der Waals surface area contributed by atoms with E-state index < -0.39 is 6.10 Å². The third-order valence-electron chi connectivity index (χ3n) is 3.86. The summed E-state index contributed by atoms with van der Waals surface area (Å²) in [6, 6.07) is 8.26. The molecule has 0 fully saturated rings. The van der Waals surface area contributed by atoms with E-state index in [1.54, 1.807) is 30.2 Å². The molecule has 0 aliphatic carbocycles. The summed E-state index contributed by atoms with van der Waals surface area (Å²) in [5.74, 6) is 0.889. The molecule has 22 heavy (non-hydrogen) atoms. The lowest BCUT2D eigenvalue weighted by molar-refractivity contribution is 0.240. The highest BCUT2D eigenvalue weighted by Crippen LogP contribution is 2.46. The maximum Gasteiger partial charge on any atom is 0.168 e. The predicted molar refractivity (Wildman–Crippen MR) is 93.6 cm³/mol. The van der Waals surface area contributed by atoms with E-state index >= 15 is 0 Å². The molecule has 0 saturated heterocycles. The Morgan fingerprint density at radius 1 is 1.41 bits per heavy atom. The quantitative estimate of drug-likeness (QED) is 0.936. The highest BCUT2D eigenvalue weighted by molar-refractivity contribution is 8.17. The van der Waals surface area contributed by atoms with Crippen LogP contribution in [0.15, 0.2) is 34.2 Å². The summed E-state index contributed by atoms with van der Waals surface area (Å²) < 4.78 is 6.66. The minimum Gasteiger partial charge on any atom is -0.496 e. The number of thiophene rings is 1. The van der Waals surface area contributed by atoms with E-state index in [2.05, 4.69) is 22.0 Å². The minimum absolute atomic E-state index is 0.486. The van der Waals surface area contributed by atoms with Crippen molar-refractivity contribution in [3.63, 3.8) is 0 Å². The monoisotopic (exact) mass is 332 g/mol. The molecule has 0 saturated carbocycles. The third kappa shape index (κ3) is 2.06. The van der Waals surface area contributed by atoms with Crippen LogP contribution in [-0.2, 0) is 0 Å². The van der Waals surface area contributed by atoms with Crippen LogP contribution in [0.3, 0.4) is 0 Å². The van der Waals surface area contributed by atoms with Gasteiger partial charge in [-0.2, -0.15) is 0 Å². The van der Waals surface area contributed by atoms with Gasteiger partial charge in [-0.25, -0.2) is 0 Å². The Balaban J connectivity index is 1.89. The molecule has 2 aromatic rings. The zero-order valence-corrected chi connectivity index (χ0v) is 14.0. The summed E-state index contributed by atoms with van der Waals surface area (Å²) in [6.45, 7) is 3.53. The molecule has 4 rings (SSSR count). The van der Waals surface area contributed by atoms with Crippen LogP contribution < -0.4 is 4.74 Å². The first kappa shape index (κ1) is 14.1. The van der Waals surface area contributed by atoms with E-state index in [4.69, 9.17) is 4.74 Å². The summed E-state index contributed by atoms with van der Waals surface area (Å²) in [5.41, 5.74) is 1.11. The molecule has 2 aliphatic heterocycles. The Kier molecular flexibility index (Phi) is 3.40. The van der Waals surface area contributed by atoms with Crippen LogP contribution in [0.2, 0.25) is 0 Å². The second-order valence-electron chi connectivity index (χ2n) is 5.29. The van der Waals surface area contributed by atoms with Gasteiger partial charge in [-0.3, -0.25) is 4.99 Å². The maximum atomic E-state index is 10.1. The molecule has 114 valence electrons. The topological polar surface area (TPSA) is 45.1 Å². The summed E-state index contributed by atoms with van der Waals surface area (Å²) >= 11 is 3.33. The standard InChI is InChI=1S/C16H16N2O2S2/c1-9(19)15-14(18-7-6-17-16(18)22-15)13-8-10-11(20-2)4-3-5-12(10)21-13/h3-5,8-9,19H,6-7H2,1-2H3. The van der Waals surface area contributed by atoms with Crippen molar-refractivity contribution in [2.45, 2.75) is 13.0 Å². The highest BCUT2D eigenvalue weighted by atomic mass is 32.2. The van der Waals surface area contributed by atoms with E-state index in [1.165, 1.54) is 4.70 Å². The number of ether oxygens (including phenoxy) is 1. The molecule has 4 nitrogen and oxygen atoms in total. The molecule has 0 radical (unpaired) electrons. The number of aliphatic hydroxyl groups excluding tert-OH is 1. The molecule has 6 heteroatoms. The van der Waals surface area contributed by atoms with E-state index in [9.17, 15) is 5.11 Å². The van der Waals surface area contributed by atoms with Gasteiger partial charge < -0.3 is 14.7 Å². The average Bonchev–Trinajstić information content (AvgIpc) is 3.18. The van der Waals surface area contributed by atoms with Crippen LogP contribution in [-0.4, -0.2) is 41.5 Å². The number of hydrogen-bond acceptors (Lipinski definition) is 6. The van der Waals surface area contributed by atoms with Gasteiger partial charge in [-0.1, -0.05) is 17.8 Å². The number of methoxy groups -OCH3 is 1. The molecule has 2 aliphatic rings. The summed E-state index contributed by atoms with van der Waals surface area (Å²) in [5, 5.41) is 12.3. The van der Waals surface area contributed by atoms with Crippen molar-refractivity contribution in [3.8, 4) is 5.75 Å². The Hall–Kier alpha value is -1.50. The van der Waals surface area contributed by atoms with Crippen LogP contribution in [0.5, 0.6) is 5.75 Å². The van der Waals surface area contributed by atoms with Gasteiger partial charge in [0.1, 0.15) is 5.75 Å². The lowest BCUT2D eigenvalue weighted by Crippen LogP contribution is -2.19. The summed E-state index contributed by atoms with van der Waals surface area (Å²) in [7, 11) is 1.70. The lowest BCUT2D eigenvalue weighted by Gasteiger charge is -2.16. The van der Waals surface area contributed by atoms with Crippen molar-refractivity contribution in [2.75, 3.05) is 20.2 Å². The number of rotatable bonds is 3. The van der Waals surface area contributed by atoms with Crippen LogP contribution in [0.4, 0.5) is 0 Å². The van der Waals surface area contributed by atoms with Crippen LogP contribution in [0.25, 0.3) is 15.8 Å². The van der Waals surface area contributed by atoms with Gasteiger partial charge in [-0.05, 0) is 25.1 Å². The molecule has 1 aromatic heterocycles. The largest absolute Gasteiger partial charge is 0.496 e. The van der Waals surface area contributed by atoms with Crippen molar-refractivity contribution in [1.29, 1.82) is 0 Å². The van der Waals surface area contributed by atoms with Gasteiger partial charge in [-0.15, -0.1) is 11.3 Å². The highest BCUT2D eigenvalue weighted by Gasteiger charge is 2.35. The number of amidine groups is 1. The number of aliphatic imine (C=N–C) groups is 1. The molecule has 1 aromatic carbocycles. The van der Waals surface area contributed by atoms with Crippen LogP contribution in [0.1, 0.15) is 11.8 Å². The van der Waals surface area contributed by atoms with Crippen molar-refractivity contribution < 1.29 is 9.84 Å². The Morgan fingerprint density at radius 2 is 2.27 bits per heavy atom. The fraction of sp³-hybridized carbons (Fsp3) is 0.312. The molecule has 1 N–H and O–H groups in total. The average molecular weight is 332 g/mol. The van der Waals surface area contributed by atoms with E-state index in [0.717, 1.165) is 44.9 Å². The first-order valence-corrected chi connectivity index (χ1v) is 8.81. The molecule has 1 unspecified atom stereocenters. The summed E-state index contributed by atoms with van der Waals surface area (Å²) in [4.78, 5) is 8.90. The zero-order chi connectivity index (χ0) is 15.3. The Labute approximate surface area is 137 Å². The van der Waals surface area contributed by atoms with Gasteiger partial charge >= 0.3 is 0 Å². The molecule has 0 bridgehead atoms. The van der Waals surface area contributed by atoms with Crippen molar-refractivity contribution in [2.24, 2.45) is 4.99 Å². The Bertz CT molecular complexity index is 808. The van der Waals surface area contributed by atoms with E-state index in [1.807, 2.05) is 19.1 Å². The lowest BCUT2D eigenvalue weighted by atomic mass is 10.2. The fourth-order valence-electron chi connectivity index (χ4n) is 2.87. The molecule has 0 amide bonds. The SMILES string of the molecule is COc1cccc2sc(C3=C(C(C)O)SC4=NCCN43)cc12. The van der Waals surface area contributed by atoms with Crippen molar-refractivity contribution in [3.05, 3.63) is 34.0 Å². The summed E-state index contributed by atoms with van der Waals surface area (Å²) in [6.07, 6.45) is -0.486. The fourth-order valence-corrected chi connectivity index (χ4v) is 5.21. The molecule has 0 spiro atoms. The smallest absolute Gasteiger partial charge is 0.168 e. The van der Waals surface area contributed by atoms with Crippen LogP contribution >= 0.6 is 23.1 Å². The maximum absolute atomic E-state index is 10.1. The van der Waals surface area contributed by atoms with Crippen molar-refractivity contribution >= 4 is 44.0 Å². The number of thioether (sulfide) groups is 1. The normalized spacial score (nSPS) is 18.9. The Morgan fingerprint density at radius 3 is 3.05 bits per heavy atom. The molecule has 1 atom stereocenters. The second kappa shape index (κ2) is 5.30. The van der Waals surface area contributed by atoms with Gasteiger partial charge in [0.25, 0.3) is 0 Å². The van der Waals surface area contributed by atoms with Gasteiger partial charge in [0.15, 0.2) is 5.17 Å². The number of hydrogen-bond donors (Lipinski definition) is 1. The third-order valence-corrected chi connectivity index (χ3v) is 6.25. The molecule has 3 heterocycles. The number of nitrogens with zero attached hydrogens (tertiary/aromatic N) is 2. The van der Waals surface area contributed by atoms with E-state index in [0.29, 0.717) is 0 Å². The van der Waals surface area contributed by atoms with Gasteiger partial charge in [0, 0.05) is 21.5 Å². The van der Waals surface area contributed by atoms with Gasteiger partial charge in [0.05, 0.1) is 30.3 Å². The number of benzene rings is 1. The molecular weight excluding hydrogens is 316 g/mol. The predicted octanol–water partition coefficient (Wildman–Crippen LogP) is 3.38. The molecular formula is C16H16N2O2S2. The van der Waals surface area contributed by atoms with Crippen molar-refractivity contribution in [1.82, 2.24) is 4.90 Å². The van der Waals surface area contributed by atoms with Gasteiger partial charge in [0.2, 0.25) is 0 Å². The number of fused-ring (bicyclic) bond motifs is 2. The first-order chi connectivity index (χ1) is 10.7. The first-order valence-electron chi connectivity index (χ1n) is 7.18. The number of aliphatic hydroxyl groups is 1. The zero-order valence-electron chi connectivity index (χ0n) is 12.4. The second-order valence-corrected chi connectivity index (χ2v) is 7.38. The van der Waals surface area contributed by atoms with E-state index in [-0.39, 0.29) is 0 Å².